The highest BCUT2D eigenvalue weighted by Crippen LogP contribution is 2.29. The maximum Gasteiger partial charge on any atom is 0.342 e. The first kappa shape index (κ1) is 18.6. The topological polar surface area (TPSA) is 72.8 Å². The van der Waals surface area contributed by atoms with Gasteiger partial charge in [0, 0.05) is 12.5 Å². The third-order valence-corrected chi connectivity index (χ3v) is 3.32. The Morgan fingerprint density at radius 1 is 1.09 bits per heavy atom. The molecule has 1 rings (SSSR count). The minimum Gasteiger partial charge on any atom is -0.467 e. The zero-order chi connectivity index (χ0) is 17.5. The largest absolute Gasteiger partial charge is 0.467 e. The number of aryl methyl sites for hydroxylation is 2. The third kappa shape index (κ3) is 5.07. The van der Waals surface area contributed by atoms with Crippen molar-refractivity contribution in [2.24, 2.45) is 0 Å². The summed E-state index contributed by atoms with van der Waals surface area (Å²) in [5.41, 5.74) is 0.582. The van der Waals surface area contributed by atoms with Crippen LogP contribution in [0.25, 0.3) is 0 Å². The van der Waals surface area contributed by atoms with Gasteiger partial charge in [-0.05, 0) is 19.4 Å². The zero-order valence-electron chi connectivity index (χ0n) is 13.8. The Balaban J connectivity index is 3.04. The van der Waals surface area contributed by atoms with Gasteiger partial charge in [-0.3, -0.25) is 0 Å². The lowest BCUT2D eigenvalue weighted by Crippen LogP contribution is -2.36. The molecule has 0 saturated heterocycles. The fraction of sp³-hybridized carbons (Fsp3) is 0.333. The molecule has 1 atom stereocenters. The number of allylic oxidation sites excluding steroid dienone is 2. The molecule has 0 heterocycles. The van der Waals surface area contributed by atoms with Crippen LogP contribution in [0.4, 0.5) is 0 Å². The third-order valence-electron chi connectivity index (χ3n) is 3.32. The van der Waals surface area contributed by atoms with Crippen molar-refractivity contribution in [1.29, 1.82) is 0 Å². The summed E-state index contributed by atoms with van der Waals surface area (Å²) in [6, 6.07) is 5.46. The van der Waals surface area contributed by atoms with Crippen molar-refractivity contribution >= 4 is 11.9 Å². The van der Waals surface area contributed by atoms with Gasteiger partial charge in [0.15, 0.2) is 5.60 Å². The molecule has 0 amide bonds. The predicted octanol–water partition coefficient (Wildman–Crippen LogP) is 2.34. The van der Waals surface area contributed by atoms with Gasteiger partial charge in [-0.15, -0.1) is 0 Å². The predicted molar refractivity (Wildman–Crippen MR) is 86.7 cm³/mol. The molecule has 0 aliphatic rings. The minimum atomic E-state index is -1.78. The molecule has 1 aromatic carbocycles. The van der Waals surface area contributed by atoms with Crippen molar-refractivity contribution in [3.63, 3.8) is 0 Å². The van der Waals surface area contributed by atoms with Crippen LogP contribution in [-0.4, -0.2) is 31.3 Å². The summed E-state index contributed by atoms with van der Waals surface area (Å²) in [5, 5.41) is 10.8. The van der Waals surface area contributed by atoms with E-state index < -0.39 is 17.5 Å². The van der Waals surface area contributed by atoms with Gasteiger partial charge in [0.25, 0.3) is 0 Å². The second-order valence-corrected chi connectivity index (χ2v) is 5.24. The van der Waals surface area contributed by atoms with E-state index in [0.717, 1.165) is 11.1 Å². The van der Waals surface area contributed by atoms with Crippen LogP contribution in [-0.2, 0) is 24.7 Å². The molecule has 0 fully saturated rings. The summed E-state index contributed by atoms with van der Waals surface area (Å²) in [6.07, 6.45) is 5.89. The van der Waals surface area contributed by atoms with Crippen LogP contribution in [0.1, 0.15) is 23.1 Å². The Hall–Kier alpha value is -2.40. The molecule has 0 aromatic heterocycles. The second kappa shape index (κ2) is 8.29. The van der Waals surface area contributed by atoms with Crippen LogP contribution >= 0.6 is 0 Å². The number of carbonyl (C=O) groups is 2. The number of ether oxygens (including phenoxy) is 2. The summed E-state index contributed by atoms with van der Waals surface area (Å²) >= 11 is 0. The maximum atomic E-state index is 12.1. The van der Waals surface area contributed by atoms with Crippen molar-refractivity contribution in [3.05, 3.63) is 59.2 Å². The van der Waals surface area contributed by atoms with Gasteiger partial charge in [-0.2, -0.15) is 0 Å². The molecule has 124 valence electrons. The molecule has 1 unspecified atom stereocenters. The lowest BCUT2D eigenvalue weighted by Gasteiger charge is -2.25. The van der Waals surface area contributed by atoms with E-state index in [4.69, 9.17) is 4.74 Å². The molecular weight excluding hydrogens is 296 g/mol. The van der Waals surface area contributed by atoms with Gasteiger partial charge in [-0.25, -0.2) is 9.59 Å². The van der Waals surface area contributed by atoms with E-state index in [2.05, 4.69) is 4.74 Å². The fourth-order valence-corrected chi connectivity index (χ4v) is 2.22. The van der Waals surface area contributed by atoms with Crippen LogP contribution < -0.4 is 0 Å². The van der Waals surface area contributed by atoms with E-state index >= 15 is 0 Å². The number of hydrogen-bond donors (Lipinski definition) is 1. The van der Waals surface area contributed by atoms with Gasteiger partial charge in [0.05, 0.1) is 14.2 Å². The van der Waals surface area contributed by atoms with E-state index in [-0.39, 0.29) is 6.42 Å². The molecule has 0 radical (unpaired) electrons. The zero-order valence-corrected chi connectivity index (χ0v) is 13.8. The number of hydrogen-bond acceptors (Lipinski definition) is 5. The summed E-state index contributed by atoms with van der Waals surface area (Å²) in [6.45, 7) is 3.78. The number of rotatable bonds is 6. The molecule has 0 aliphatic heterocycles. The first-order valence-corrected chi connectivity index (χ1v) is 7.14. The summed E-state index contributed by atoms with van der Waals surface area (Å²) < 4.78 is 9.21. The Morgan fingerprint density at radius 2 is 1.70 bits per heavy atom. The van der Waals surface area contributed by atoms with Crippen molar-refractivity contribution in [2.75, 3.05) is 14.2 Å². The first-order chi connectivity index (χ1) is 10.8. The summed E-state index contributed by atoms with van der Waals surface area (Å²) in [4.78, 5) is 23.0. The Labute approximate surface area is 136 Å². The second-order valence-electron chi connectivity index (χ2n) is 5.24. The summed E-state index contributed by atoms with van der Waals surface area (Å²) in [5.74, 6) is -1.21. The number of esters is 2. The molecular formula is C18H22O5. The molecule has 1 aromatic rings. The van der Waals surface area contributed by atoms with E-state index in [1.807, 2.05) is 19.9 Å². The number of methoxy groups -OCH3 is 2. The van der Waals surface area contributed by atoms with Crippen LogP contribution in [0, 0.1) is 13.8 Å². The van der Waals surface area contributed by atoms with Crippen LogP contribution in [0.3, 0.4) is 0 Å². The average Bonchev–Trinajstić information content (AvgIpc) is 2.52. The molecule has 0 saturated carbocycles. The van der Waals surface area contributed by atoms with Crippen molar-refractivity contribution in [1.82, 2.24) is 0 Å². The monoisotopic (exact) mass is 318 g/mol. The number of benzene rings is 1. The number of carbonyl (C=O) groups excluding carboxylic acids is 2. The van der Waals surface area contributed by atoms with E-state index in [1.165, 1.54) is 26.4 Å². The Bertz CT molecular complexity index is 610. The van der Waals surface area contributed by atoms with E-state index in [0.29, 0.717) is 5.56 Å². The molecule has 0 aliphatic carbocycles. The smallest absolute Gasteiger partial charge is 0.342 e. The summed E-state index contributed by atoms with van der Waals surface area (Å²) in [7, 11) is 2.52. The molecule has 5 heteroatoms. The average molecular weight is 318 g/mol. The fourth-order valence-electron chi connectivity index (χ4n) is 2.22. The Kier molecular flexibility index (Phi) is 6.72. The van der Waals surface area contributed by atoms with Gasteiger partial charge in [0.2, 0.25) is 0 Å². The highest BCUT2D eigenvalue weighted by atomic mass is 16.5. The van der Waals surface area contributed by atoms with Crippen LogP contribution in [0.2, 0.25) is 0 Å². The van der Waals surface area contributed by atoms with Crippen molar-refractivity contribution < 1.29 is 24.2 Å². The van der Waals surface area contributed by atoms with Gasteiger partial charge >= 0.3 is 11.9 Å². The normalized spacial score (nSPS) is 14.0. The molecule has 5 nitrogen and oxygen atoms in total. The standard InChI is InChI=1S/C18H22O5/c1-13-10-14(2)12-15(11-13)18(21,17(20)23-4)9-7-5-6-8-16(19)22-3/h5-8,10-12,21H,9H2,1-4H3/b7-5+,8-6+. The van der Waals surface area contributed by atoms with Gasteiger partial charge < -0.3 is 14.6 Å². The molecule has 0 bridgehead atoms. The van der Waals surface area contributed by atoms with Crippen LogP contribution in [0.5, 0.6) is 0 Å². The first-order valence-electron chi connectivity index (χ1n) is 7.14. The Morgan fingerprint density at radius 3 is 2.22 bits per heavy atom. The highest BCUT2D eigenvalue weighted by Gasteiger charge is 2.38. The maximum absolute atomic E-state index is 12.1. The quantitative estimate of drug-likeness (QED) is 0.495. The van der Waals surface area contributed by atoms with E-state index in [9.17, 15) is 14.7 Å². The van der Waals surface area contributed by atoms with Crippen molar-refractivity contribution in [3.8, 4) is 0 Å². The minimum absolute atomic E-state index is 0.0219. The van der Waals surface area contributed by atoms with Crippen molar-refractivity contribution in [2.45, 2.75) is 25.9 Å². The SMILES string of the molecule is COC(=O)/C=C/C=C/CC(O)(C(=O)OC)c1cc(C)cc(C)c1. The van der Waals surface area contributed by atoms with Gasteiger partial charge in [-0.1, -0.05) is 47.6 Å². The van der Waals surface area contributed by atoms with Crippen LogP contribution in [0.15, 0.2) is 42.5 Å². The molecule has 0 spiro atoms. The lowest BCUT2D eigenvalue weighted by atomic mass is 9.88. The molecule has 23 heavy (non-hydrogen) atoms. The van der Waals surface area contributed by atoms with Gasteiger partial charge in [0.1, 0.15) is 0 Å². The highest BCUT2D eigenvalue weighted by molar-refractivity contribution is 5.82. The lowest BCUT2D eigenvalue weighted by molar-refractivity contribution is -0.163. The molecule has 1 N–H and O–H groups in total. The number of aliphatic hydroxyl groups is 1. The van der Waals surface area contributed by atoms with E-state index in [1.54, 1.807) is 24.3 Å².